The number of halogens is 3. The van der Waals surface area contributed by atoms with Crippen molar-refractivity contribution in [2.75, 3.05) is 11.9 Å². The average Bonchev–Trinajstić information content (AvgIpc) is 2.37. The van der Waals surface area contributed by atoms with Crippen LogP contribution in [0.2, 0.25) is 0 Å². The first kappa shape index (κ1) is 18.4. The minimum atomic E-state index is -4.54. The van der Waals surface area contributed by atoms with Gasteiger partial charge in [0.2, 0.25) is 15.9 Å². The molecule has 22 heavy (non-hydrogen) atoms. The molecule has 1 aromatic rings. The second kappa shape index (κ2) is 6.21. The number of anilines is 1. The summed E-state index contributed by atoms with van der Waals surface area (Å²) in [6.07, 6.45) is -3.98. The minimum absolute atomic E-state index is 0.109. The number of amides is 1. The van der Waals surface area contributed by atoms with Crippen LogP contribution in [-0.4, -0.2) is 30.6 Å². The Kier molecular flexibility index (Phi) is 5.18. The van der Waals surface area contributed by atoms with Crippen molar-refractivity contribution in [2.24, 2.45) is 0 Å². The second-order valence-corrected chi connectivity index (χ2v) is 7.21. The molecule has 0 aliphatic rings. The highest BCUT2D eigenvalue weighted by Crippen LogP contribution is 2.29. The molecule has 124 valence electrons. The quantitative estimate of drug-likeness (QED) is 0.855. The molecule has 0 aliphatic carbocycles. The highest BCUT2D eigenvalue weighted by molar-refractivity contribution is 7.91. The van der Waals surface area contributed by atoms with Gasteiger partial charge in [0.15, 0.2) is 4.75 Å². The molecule has 0 radical (unpaired) electrons. The summed E-state index contributed by atoms with van der Waals surface area (Å²) in [6, 6.07) is 1.70. The summed E-state index contributed by atoms with van der Waals surface area (Å²) in [4.78, 5) is 15.5. The summed E-state index contributed by atoms with van der Waals surface area (Å²) in [7, 11) is -3.93. The van der Waals surface area contributed by atoms with Crippen LogP contribution in [0, 0.1) is 0 Å². The van der Waals surface area contributed by atoms with Gasteiger partial charge in [0.1, 0.15) is 5.82 Å². The van der Waals surface area contributed by atoms with E-state index < -0.39 is 32.4 Å². The number of nitrogens with one attached hydrogen (secondary N) is 2. The summed E-state index contributed by atoms with van der Waals surface area (Å²) in [5.41, 5.74) is -0.968. The third-order valence-electron chi connectivity index (χ3n) is 2.89. The number of pyridine rings is 1. The van der Waals surface area contributed by atoms with E-state index in [0.717, 1.165) is 12.1 Å². The highest BCUT2D eigenvalue weighted by Gasteiger charge is 2.41. The first-order chi connectivity index (χ1) is 9.91. The van der Waals surface area contributed by atoms with E-state index in [1.807, 2.05) is 0 Å². The average molecular weight is 339 g/mol. The number of hydrogen-bond acceptors (Lipinski definition) is 4. The third-order valence-corrected chi connectivity index (χ3v) is 5.08. The SMILES string of the molecule is CCNS(=O)(=O)C(C)(C)C(=O)Nc1ccc(C(F)(F)F)cn1. The molecule has 0 unspecified atom stereocenters. The van der Waals surface area contributed by atoms with E-state index in [1.54, 1.807) is 6.92 Å². The summed E-state index contributed by atoms with van der Waals surface area (Å²) < 4.78 is 61.4. The molecule has 1 aromatic heterocycles. The van der Waals surface area contributed by atoms with Gasteiger partial charge in [-0.15, -0.1) is 0 Å². The molecular formula is C12H16F3N3O3S. The number of nitrogens with zero attached hydrogens (tertiary/aromatic N) is 1. The standard InChI is InChI=1S/C12H16F3N3O3S/c1-4-17-22(20,21)11(2,3)10(19)18-9-6-5-8(7-16-9)12(13,14)15/h5-7,17H,4H2,1-3H3,(H,16,18,19). The Morgan fingerprint density at radius 1 is 1.27 bits per heavy atom. The summed E-state index contributed by atoms with van der Waals surface area (Å²) in [5.74, 6) is -1.07. The fraction of sp³-hybridized carbons (Fsp3) is 0.500. The van der Waals surface area contributed by atoms with Crippen molar-refractivity contribution < 1.29 is 26.4 Å². The number of hydrogen-bond donors (Lipinski definition) is 2. The monoisotopic (exact) mass is 339 g/mol. The van der Waals surface area contributed by atoms with E-state index in [9.17, 15) is 26.4 Å². The zero-order valence-electron chi connectivity index (χ0n) is 12.2. The number of carbonyl (C=O) groups excluding carboxylic acids is 1. The largest absolute Gasteiger partial charge is 0.417 e. The summed E-state index contributed by atoms with van der Waals surface area (Å²) in [6.45, 7) is 4.04. The maximum Gasteiger partial charge on any atom is 0.417 e. The molecule has 0 saturated carbocycles. The van der Waals surface area contributed by atoms with Crippen LogP contribution in [0.15, 0.2) is 18.3 Å². The Hall–Kier alpha value is -1.68. The molecule has 10 heteroatoms. The first-order valence-electron chi connectivity index (χ1n) is 6.25. The van der Waals surface area contributed by atoms with Crippen molar-refractivity contribution in [1.29, 1.82) is 0 Å². The predicted octanol–water partition coefficient (Wildman–Crippen LogP) is 1.76. The molecular weight excluding hydrogens is 323 g/mol. The second-order valence-electron chi connectivity index (χ2n) is 4.90. The van der Waals surface area contributed by atoms with E-state index in [0.29, 0.717) is 6.20 Å². The lowest BCUT2D eigenvalue weighted by atomic mass is 10.2. The fourth-order valence-electron chi connectivity index (χ4n) is 1.39. The van der Waals surface area contributed by atoms with Crippen LogP contribution in [0.4, 0.5) is 19.0 Å². The van der Waals surface area contributed by atoms with Crippen LogP contribution in [-0.2, 0) is 21.0 Å². The van der Waals surface area contributed by atoms with Crippen LogP contribution in [0.1, 0.15) is 26.3 Å². The van der Waals surface area contributed by atoms with E-state index in [-0.39, 0.29) is 12.4 Å². The van der Waals surface area contributed by atoms with Gasteiger partial charge in [-0.25, -0.2) is 18.1 Å². The molecule has 0 fully saturated rings. The maximum absolute atomic E-state index is 12.4. The number of rotatable bonds is 5. The van der Waals surface area contributed by atoms with Gasteiger partial charge in [0, 0.05) is 12.7 Å². The molecule has 1 heterocycles. The summed E-state index contributed by atoms with van der Waals surface area (Å²) in [5, 5.41) is 2.19. The van der Waals surface area contributed by atoms with Gasteiger partial charge in [-0.1, -0.05) is 6.92 Å². The Balaban J connectivity index is 2.93. The van der Waals surface area contributed by atoms with Crippen molar-refractivity contribution in [3.63, 3.8) is 0 Å². The molecule has 0 spiro atoms. The van der Waals surface area contributed by atoms with E-state index in [1.165, 1.54) is 13.8 Å². The van der Waals surface area contributed by atoms with Crippen LogP contribution < -0.4 is 10.0 Å². The number of alkyl halides is 3. The van der Waals surface area contributed by atoms with Gasteiger partial charge in [-0.2, -0.15) is 13.2 Å². The van der Waals surface area contributed by atoms with Crippen LogP contribution in [0.25, 0.3) is 0 Å². The Labute approximate surface area is 126 Å². The van der Waals surface area contributed by atoms with Crippen LogP contribution in [0.3, 0.4) is 0 Å². The van der Waals surface area contributed by atoms with E-state index in [2.05, 4.69) is 15.0 Å². The van der Waals surface area contributed by atoms with Gasteiger partial charge in [0.25, 0.3) is 0 Å². The van der Waals surface area contributed by atoms with Gasteiger partial charge >= 0.3 is 6.18 Å². The Morgan fingerprint density at radius 2 is 1.86 bits per heavy atom. The molecule has 0 saturated heterocycles. The zero-order chi connectivity index (χ0) is 17.2. The number of carbonyl (C=O) groups is 1. The fourth-order valence-corrected chi connectivity index (χ4v) is 2.43. The lowest BCUT2D eigenvalue weighted by molar-refractivity contribution is -0.137. The molecule has 0 aliphatic heterocycles. The van der Waals surface area contributed by atoms with Crippen molar-refractivity contribution in [1.82, 2.24) is 9.71 Å². The van der Waals surface area contributed by atoms with Gasteiger partial charge in [-0.3, -0.25) is 4.79 Å². The van der Waals surface area contributed by atoms with Crippen LogP contribution in [0.5, 0.6) is 0 Å². The molecule has 1 rings (SSSR count). The number of aromatic nitrogens is 1. The normalized spacial score (nSPS) is 13.0. The predicted molar refractivity (Wildman–Crippen MR) is 74.5 cm³/mol. The van der Waals surface area contributed by atoms with Crippen molar-refractivity contribution in [2.45, 2.75) is 31.7 Å². The van der Waals surface area contributed by atoms with E-state index >= 15 is 0 Å². The minimum Gasteiger partial charge on any atom is -0.309 e. The Bertz CT molecular complexity index is 640. The maximum atomic E-state index is 12.4. The molecule has 1 amide bonds. The lowest BCUT2D eigenvalue weighted by Crippen LogP contribution is -2.50. The smallest absolute Gasteiger partial charge is 0.309 e. The molecule has 0 aromatic carbocycles. The zero-order valence-corrected chi connectivity index (χ0v) is 13.0. The first-order valence-corrected chi connectivity index (χ1v) is 7.74. The van der Waals surface area contributed by atoms with Crippen molar-refractivity contribution in [3.05, 3.63) is 23.9 Å². The Morgan fingerprint density at radius 3 is 2.27 bits per heavy atom. The molecule has 0 bridgehead atoms. The summed E-state index contributed by atoms with van der Waals surface area (Å²) >= 11 is 0. The van der Waals surface area contributed by atoms with Crippen molar-refractivity contribution in [3.8, 4) is 0 Å². The molecule has 0 atom stereocenters. The van der Waals surface area contributed by atoms with Crippen molar-refractivity contribution >= 4 is 21.7 Å². The van der Waals surface area contributed by atoms with Gasteiger partial charge in [-0.05, 0) is 26.0 Å². The van der Waals surface area contributed by atoms with Gasteiger partial charge in [0.05, 0.1) is 5.56 Å². The lowest BCUT2D eigenvalue weighted by Gasteiger charge is -2.23. The van der Waals surface area contributed by atoms with Gasteiger partial charge < -0.3 is 5.32 Å². The number of sulfonamides is 1. The third kappa shape index (κ3) is 3.95. The molecule has 6 nitrogen and oxygen atoms in total. The van der Waals surface area contributed by atoms with E-state index in [4.69, 9.17) is 0 Å². The molecule has 2 N–H and O–H groups in total. The van der Waals surface area contributed by atoms with Crippen LogP contribution >= 0.6 is 0 Å². The highest BCUT2D eigenvalue weighted by atomic mass is 32.2. The topological polar surface area (TPSA) is 88.2 Å².